The van der Waals surface area contributed by atoms with Gasteiger partial charge in [-0.1, -0.05) is 18.2 Å². The number of hydrogen-bond donors (Lipinski definition) is 1. The molecule has 0 spiro atoms. The highest BCUT2D eigenvalue weighted by molar-refractivity contribution is 7.12. The average Bonchev–Trinajstić information content (AvgIpc) is 3.23. The molecule has 1 saturated heterocycles. The van der Waals surface area contributed by atoms with E-state index in [2.05, 4.69) is 16.3 Å². The van der Waals surface area contributed by atoms with E-state index in [9.17, 15) is 9.59 Å². The summed E-state index contributed by atoms with van der Waals surface area (Å²) in [7, 11) is 0. The summed E-state index contributed by atoms with van der Waals surface area (Å²) in [6.45, 7) is 5.41. The number of nitrogens with zero attached hydrogens (tertiary/aromatic N) is 3. The van der Waals surface area contributed by atoms with Crippen molar-refractivity contribution in [3.63, 3.8) is 0 Å². The standard InChI is InChI=1S/C20H22N4O2S/c1-15(22-19(25)18-3-2-12-27-18)20(26)24-10-8-23(9-11-24)14-17-6-4-16(13-21)5-7-17/h2-7,12,15H,8-11,14H2,1H3,(H,22,25). The van der Waals surface area contributed by atoms with Crippen LogP contribution in [0.5, 0.6) is 0 Å². The largest absolute Gasteiger partial charge is 0.340 e. The smallest absolute Gasteiger partial charge is 0.261 e. The summed E-state index contributed by atoms with van der Waals surface area (Å²) in [5, 5.41) is 13.5. The Morgan fingerprint density at radius 2 is 1.89 bits per heavy atom. The lowest BCUT2D eigenvalue weighted by Gasteiger charge is -2.36. The Balaban J connectivity index is 1.47. The quantitative estimate of drug-likeness (QED) is 0.859. The molecule has 1 aromatic carbocycles. The second-order valence-electron chi connectivity index (χ2n) is 6.58. The lowest BCUT2D eigenvalue weighted by atomic mass is 10.1. The number of nitriles is 1. The predicted molar refractivity (Wildman–Crippen MR) is 104 cm³/mol. The Morgan fingerprint density at radius 1 is 1.19 bits per heavy atom. The van der Waals surface area contributed by atoms with E-state index in [-0.39, 0.29) is 11.8 Å². The van der Waals surface area contributed by atoms with Gasteiger partial charge in [0.2, 0.25) is 5.91 Å². The fourth-order valence-corrected chi connectivity index (χ4v) is 3.71. The first-order valence-electron chi connectivity index (χ1n) is 8.91. The first-order chi connectivity index (χ1) is 13.1. The molecule has 0 saturated carbocycles. The molecule has 7 heteroatoms. The van der Waals surface area contributed by atoms with Crippen LogP contribution in [-0.2, 0) is 11.3 Å². The number of rotatable bonds is 5. The molecule has 140 valence electrons. The summed E-state index contributed by atoms with van der Waals surface area (Å²) in [5.74, 6) is -0.247. The van der Waals surface area contributed by atoms with Gasteiger partial charge in [0, 0.05) is 32.7 Å². The molecular formula is C20H22N4O2S. The van der Waals surface area contributed by atoms with Crippen LogP contribution in [0.25, 0.3) is 0 Å². The number of benzene rings is 1. The molecule has 0 radical (unpaired) electrons. The van der Waals surface area contributed by atoms with Gasteiger partial charge in [0.1, 0.15) is 6.04 Å². The van der Waals surface area contributed by atoms with Gasteiger partial charge in [0.25, 0.3) is 5.91 Å². The van der Waals surface area contributed by atoms with Gasteiger partial charge in [0.15, 0.2) is 0 Å². The van der Waals surface area contributed by atoms with Gasteiger partial charge >= 0.3 is 0 Å². The van der Waals surface area contributed by atoms with Crippen molar-refractivity contribution in [3.05, 3.63) is 57.8 Å². The summed E-state index contributed by atoms with van der Waals surface area (Å²) >= 11 is 1.36. The molecule has 6 nitrogen and oxygen atoms in total. The first-order valence-corrected chi connectivity index (χ1v) is 9.79. The molecule has 1 N–H and O–H groups in total. The molecule has 0 bridgehead atoms. The van der Waals surface area contributed by atoms with Crippen LogP contribution in [0.4, 0.5) is 0 Å². The van der Waals surface area contributed by atoms with Crippen molar-refractivity contribution < 1.29 is 9.59 Å². The van der Waals surface area contributed by atoms with Crippen LogP contribution in [0, 0.1) is 11.3 Å². The molecule has 3 rings (SSSR count). The average molecular weight is 382 g/mol. The normalized spacial score (nSPS) is 15.8. The van der Waals surface area contributed by atoms with E-state index in [0.717, 1.165) is 25.2 Å². The van der Waals surface area contributed by atoms with Crippen LogP contribution in [-0.4, -0.2) is 53.8 Å². The zero-order chi connectivity index (χ0) is 19.2. The van der Waals surface area contributed by atoms with Crippen molar-refractivity contribution in [1.29, 1.82) is 5.26 Å². The molecule has 1 aliphatic rings. The van der Waals surface area contributed by atoms with Crippen molar-refractivity contribution in [3.8, 4) is 6.07 Å². The van der Waals surface area contributed by atoms with Crippen LogP contribution < -0.4 is 5.32 Å². The Bertz CT molecular complexity index is 819. The van der Waals surface area contributed by atoms with Crippen LogP contribution in [0.3, 0.4) is 0 Å². The van der Waals surface area contributed by atoms with Crippen molar-refractivity contribution >= 4 is 23.2 Å². The summed E-state index contributed by atoms with van der Waals surface area (Å²) < 4.78 is 0. The Kier molecular flexibility index (Phi) is 6.22. The van der Waals surface area contributed by atoms with Crippen LogP contribution in [0.15, 0.2) is 41.8 Å². The van der Waals surface area contributed by atoms with Crippen molar-refractivity contribution in [1.82, 2.24) is 15.1 Å². The molecule has 2 heterocycles. The maximum atomic E-state index is 12.6. The van der Waals surface area contributed by atoms with E-state index < -0.39 is 6.04 Å². The van der Waals surface area contributed by atoms with E-state index in [1.54, 1.807) is 13.0 Å². The highest BCUT2D eigenvalue weighted by atomic mass is 32.1. The minimum atomic E-state index is -0.537. The fraction of sp³-hybridized carbons (Fsp3) is 0.350. The Labute approximate surface area is 163 Å². The molecule has 1 aromatic heterocycles. The third-order valence-electron chi connectivity index (χ3n) is 4.64. The SMILES string of the molecule is CC(NC(=O)c1cccs1)C(=O)N1CCN(Cc2ccc(C#N)cc2)CC1. The third kappa shape index (κ3) is 4.94. The summed E-state index contributed by atoms with van der Waals surface area (Å²) in [5.41, 5.74) is 1.82. The number of piperazine rings is 1. The minimum Gasteiger partial charge on any atom is -0.340 e. The molecule has 1 atom stereocenters. The molecule has 1 fully saturated rings. The van der Waals surface area contributed by atoms with Crippen molar-refractivity contribution in [2.75, 3.05) is 26.2 Å². The highest BCUT2D eigenvalue weighted by Gasteiger charge is 2.26. The number of amides is 2. The van der Waals surface area contributed by atoms with Gasteiger partial charge in [-0.15, -0.1) is 11.3 Å². The molecular weight excluding hydrogens is 360 g/mol. The first kappa shape index (κ1) is 19.1. The lowest BCUT2D eigenvalue weighted by molar-refractivity contribution is -0.134. The number of hydrogen-bond acceptors (Lipinski definition) is 5. The number of carbonyl (C=O) groups excluding carboxylic acids is 2. The molecule has 1 unspecified atom stereocenters. The lowest BCUT2D eigenvalue weighted by Crippen LogP contribution is -2.53. The Hall–Kier alpha value is -2.69. The van der Waals surface area contributed by atoms with E-state index in [0.29, 0.717) is 23.5 Å². The van der Waals surface area contributed by atoms with Crippen LogP contribution in [0.1, 0.15) is 27.7 Å². The monoisotopic (exact) mass is 382 g/mol. The van der Waals surface area contributed by atoms with Gasteiger partial charge in [-0.05, 0) is 36.1 Å². The third-order valence-corrected chi connectivity index (χ3v) is 5.50. The maximum absolute atomic E-state index is 12.6. The summed E-state index contributed by atoms with van der Waals surface area (Å²) in [4.78, 5) is 29.4. The molecule has 0 aliphatic carbocycles. The minimum absolute atomic E-state index is 0.0436. The molecule has 2 amide bonds. The second kappa shape index (κ2) is 8.80. The topological polar surface area (TPSA) is 76.4 Å². The van der Waals surface area contributed by atoms with Gasteiger partial charge < -0.3 is 10.2 Å². The van der Waals surface area contributed by atoms with Crippen molar-refractivity contribution in [2.45, 2.75) is 19.5 Å². The zero-order valence-electron chi connectivity index (χ0n) is 15.2. The van der Waals surface area contributed by atoms with Crippen molar-refractivity contribution in [2.24, 2.45) is 0 Å². The van der Waals surface area contributed by atoms with E-state index in [1.165, 1.54) is 11.3 Å². The molecule has 2 aromatic rings. The summed E-state index contributed by atoms with van der Waals surface area (Å²) in [6, 6.07) is 12.7. The number of carbonyl (C=O) groups is 2. The van der Waals surface area contributed by atoms with Gasteiger partial charge in [-0.2, -0.15) is 5.26 Å². The number of nitrogens with one attached hydrogen (secondary N) is 1. The van der Waals surface area contributed by atoms with Gasteiger partial charge in [-0.3, -0.25) is 14.5 Å². The van der Waals surface area contributed by atoms with Gasteiger partial charge in [0.05, 0.1) is 16.5 Å². The van der Waals surface area contributed by atoms with Gasteiger partial charge in [-0.25, -0.2) is 0 Å². The Morgan fingerprint density at radius 3 is 2.48 bits per heavy atom. The predicted octanol–water partition coefficient (Wildman–Crippen LogP) is 2.08. The molecule has 27 heavy (non-hydrogen) atoms. The van der Waals surface area contributed by atoms with E-state index in [4.69, 9.17) is 5.26 Å². The summed E-state index contributed by atoms with van der Waals surface area (Å²) in [6.07, 6.45) is 0. The van der Waals surface area contributed by atoms with E-state index in [1.807, 2.05) is 40.6 Å². The second-order valence-corrected chi connectivity index (χ2v) is 7.53. The van der Waals surface area contributed by atoms with E-state index >= 15 is 0 Å². The maximum Gasteiger partial charge on any atom is 0.261 e. The molecule has 1 aliphatic heterocycles. The number of thiophene rings is 1. The van der Waals surface area contributed by atoms with Crippen LogP contribution >= 0.6 is 11.3 Å². The fourth-order valence-electron chi connectivity index (χ4n) is 3.08. The highest BCUT2D eigenvalue weighted by Crippen LogP contribution is 2.12. The zero-order valence-corrected chi connectivity index (χ0v) is 16.0. The van der Waals surface area contributed by atoms with Crippen LogP contribution in [0.2, 0.25) is 0 Å².